The fourth-order valence-electron chi connectivity index (χ4n) is 1.52. The van der Waals surface area contributed by atoms with E-state index in [1.807, 2.05) is 0 Å². The summed E-state index contributed by atoms with van der Waals surface area (Å²) < 4.78 is 18.3. The van der Waals surface area contributed by atoms with Gasteiger partial charge < -0.3 is 15.4 Å². The summed E-state index contributed by atoms with van der Waals surface area (Å²) in [6.45, 7) is 6.91. The van der Waals surface area contributed by atoms with Crippen LogP contribution >= 0.6 is 0 Å². The largest absolute Gasteiger partial charge is 0.436 e. The Morgan fingerprint density at radius 2 is 1.90 bits per heavy atom. The summed E-state index contributed by atoms with van der Waals surface area (Å²) >= 11 is 0. The van der Waals surface area contributed by atoms with Gasteiger partial charge in [-0.1, -0.05) is 18.2 Å². The van der Waals surface area contributed by atoms with Crippen LogP contribution in [0.15, 0.2) is 24.3 Å². The minimum absolute atomic E-state index is 0.0418. The number of nitrogens with one attached hydrogen (secondary N) is 2. The summed E-state index contributed by atoms with van der Waals surface area (Å²) in [5, 5.41) is 5.11. The average molecular weight is 296 g/mol. The van der Waals surface area contributed by atoms with Gasteiger partial charge in [0.1, 0.15) is 5.82 Å². The third-order valence-electron chi connectivity index (χ3n) is 2.54. The molecular weight excluding hydrogens is 275 g/mol. The molecule has 0 saturated heterocycles. The zero-order valence-corrected chi connectivity index (χ0v) is 12.7. The van der Waals surface area contributed by atoms with Gasteiger partial charge in [0.15, 0.2) is 6.10 Å². The number of carbonyl (C=O) groups excluding carboxylic acids is 2. The second kappa shape index (κ2) is 7.06. The van der Waals surface area contributed by atoms with Crippen LogP contribution in [-0.2, 0) is 16.1 Å². The lowest BCUT2D eigenvalue weighted by Gasteiger charge is -2.21. The van der Waals surface area contributed by atoms with Gasteiger partial charge in [0, 0.05) is 17.6 Å². The highest BCUT2D eigenvalue weighted by molar-refractivity contribution is 5.83. The Morgan fingerprint density at radius 1 is 1.29 bits per heavy atom. The Balaban J connectivity index is 2.45. The molecule has 2 N–H and O–H groups in total. The van der Waals surface area contributed by atoms with E-state index in [4.69, 9.17) is 4.74 Å². The molecule has 0 aliphatic heterocycles. The highest BCUT2D eigenvalue weighted by atomic mass is 19.1. The van der Waals surface area contributed by atoms with Gasteiger partial charge in [0.25, 0.3) is 5.91 Å². The topological polar surface area (TPSA) is 67.4 Å². The smallest absolute Gasteiger partial charge is 0.408 e. The lowest BCUT2D eigenvalue weighted by Crippen LogP contribution is -2.44. The molecule has 0 bridgehead atoms. The first-order valence-corrected chi connectivity index (χ1v) is 6.69. The first-order chi connectivity index (χ1) is 9.69. The monoisotopic (exact) mass is 296 g/mol. The molecule has 0 aliphatic carbocycles. The van der Waals surface area contributed by atoms with Gasteiger partial charge in [-0.15, -0.1) is 0 Å². The van der Waals surface area contributed by atoms with Crippen LogP contribution in [0.3, 0.4) is 0 Å². The highest BCUT2D eigenvalue weighted by Gasteiger charge is 2.21. The van der Waals surface area contributed by atoms with E-state index >= 15 is 0 Å². The number of amides is 2. The highest BCUT2D eigenvalue weighted by Crippen LogP contribution is 2.06. The van der Waals surface area contributed by atoms with E-state index in [0.29, 0.717) is 5.56 Å². The molecule has 1 rings (SSSR count). The van der Waals surface area contributed by atoms with Crippen LogP contribution in [-0.4, -0.2) is 23.6 Å². The van der Waals surface area contributed by atoms with Crippen LogP contribution in [0, 0.1) is 5.82 Å². The van der Waals surface area contributed by atoms with Crippen molar-refractivity contribution < 1.29 is 18.7 Å². The standard InChI is InChI=1S/C15H21FN2O3/c1-10(21-14(20)18-15(2,3)4)13(19)17-9-11-7-5-6-8-12(11)16/h5-8,10H,9H2,1-4H3,(H,17,19)(H,18,20)/t10-/m0/s1. The molecule has 0 aromatic heterocycles. The van der Waals surface area contributed by atoms with Crippen molar-refractivity contribution in [1.82, 2.24) is 10.6 Å². The molecule has 6 heteroatoms. The van der Waals surface area contributed by atoms with Crippen molar-refractivity contribution in [2.45, 2.75) is 45.9 Å². The molecule has 0 heterocycles. The normalized spacial score (nSPS) is 12.4. The quantitative estimate of drug-likeness (QED) is 0.896. The van der Waals surface area contributed by atoms with Gasteiger partial charge in [0.05, 0.1) is 0 Å². The van der Waals surface area contributed by atoms with Crippen molar-refractivity contribution in [2.75, 3.05) is 0 Å². The van der Waals surface area contributed by atoms with E-state index < -0.39 is 29.5 Å². The van der Waals surface area contributed by atoms with E-state index in [2.05, 4.69) is 10.6 Å². The molecule has 0 fully saturated rings. The third kappa shape index (κ3) is 6.25. The number of ether oxygens (including phenoxy) is 1. The predicted octanol–water partition coefficient (Wildman–Crippen LogP) is 2.36. The van der Waals surface area contributed by atoms with E-state index in [9.17, 15) is 14.0 Å². The Hall–Kier alpha value is -2.11. The van der Waals surface area contributed by atoms with Crippen molar-refractivity contribution >= 4 is 12.0 Å². The van der Waals surface area contributed by atoms with Crippen LogP contribution in [0.5, 0.6) is 0 Å². The first-order valence-electron chi connectivity index (χ1n) is 6.69. The number of alkyl carbamates (subject to hydrolysis) is 1. The number of hydrogen-bond acceptors (Lipinski definition) is 3. The van der Waals surface area contributed by atoms with Gasteiger partial charge in [-0.3, -0.25) is 4.79 Å². The molecule has 1 atom stereocenters. The van der Waals surface area contributed by atoms with Crippen LogP contribution in [0.4, 0.5) is 9.18 Å². The van der Waals surface area contributed by atoms with E-state index in [1.54, 1.807) is 39.0 Å². The number of halogens is 1. The van der Waals surface area contributed by atoms with Crippen LogP contribution < -0.4 is 10.6 Å². The Bertz CT molecular complexity index is 512. The molecule has 116 valence electrons. The maximum absolute atomic E-state index is 13.4. The molecule has 0 saturated carbocycles. The molecule has 5 nitrogen and oxygen atoms in total. The van der Waals surface area contributed by atoms with Crippen molar-refractivity contribution in [3.63, 3.8) is 0 Å². The predicted molar refractivity (Wildman–Crippen MR) is 77.1 cm³/mol. The number of hydrogen-bond donors (Lipinski definition) is 2. The maximum atomic E-state index is 13.4. The molecule has 0 radical (unpaired) electrons. The van der Waals surface area contributed by atoms with Crippen molar-refractivity contribution in [2.24, 2.45) is 0 Å². The fraction of sp³-hybridized carbons (Fsp3) is 0.467. The number of rotatable bonds is 4. The minimum atomic E-state index is -0.959. The molecule has 1 aromatic rings. The molecular formula is C15H21FN2O3. The van der Waals surface area contributed by atoms with E-state index in [1.165, 1.54) is 13.0 Å². The fourth-order valence-corrected chi connectivity index (χ4v) is 1.52. The van der Waals surface area contributed by atoms with Crippen LogP contribution in [0.1, 0.15) is 33.3 Å². The van der Waals surface area contributed by atoms with E-state index in [0.717, 1.165) is 0 Å². The average Bonchev–Trinajstić information content (AvgIpc) is 2.34. The van der Waals surface area contributed by atoms with Gasteiger partial charge >= 0.3 is 6.09 Å². The van der Waals surface area contributed by atoms with Crippen molar-refractivity contribution in [3.05, 3.63) is 35.6 Å². The first kappa shape index (κ1) is 16.9. The summed E-state index contributed by atoms with van der Waals surface area (Å²) in [6.07, 6.45) is -1.63. The van der Waals surface area contributed by atoms with Gasteiger partial charge in [-0.05, 0) is 33.8 Å². The maximum Gasteiger partial charge on any atom is 0.408 e. The second-order valence-corrected chi connectivity index (χ2v) is 5.73. The zero-order valence-electron chi connectivity index (χ0n) is 12.7. The Kier molecular flexibility index (Phi) is 5.69. The number of benzene rings is 1. The summed E-state index contributed by atoms with van der Waals surface area (Å²) in [5.74, 6) is -0.876. The lowest BCUT2D eigenvalue weighted by molar-refractivity contribution is -0.128. The SMILES string of the molecule is C[C@H](OC(=O)NC(C)(C)C)C(=O)NCc1ccccc1F. The molecule has 0 spiro atoms. The molecule has 21 heavy (non-hydrogen) atoms. The molecule has 0 unspecified atom stereocenters. The van der Waals surface area contributed by atoms with Crippen LogP contribution in [0.25, 0.3) is 0 Å². The van der Waals surface area contributed by atoms with E-state index in [-0.39, 0.29) is 6.54 Å². The molecule has 0 aliphatic rings. The zero-order chi connectivity index (χ0) is 16.0. The second-order valence-electron chi connectivity index (χ2n) is 5.73. The van der Waals surface area contributed by atoms with Crippen molar-refractivity contribution in [3.8, 4) is 0 Å². The van der Waals surface area contributed by atoms with Gasteiger partial charge in [-0.25, -0.2) is 9.18 Å². The van der Waals surface area contributed by atoms with Crippen molar-refractivity contribution in [1.29, 1.82) is 0 Å². The third-order valence-corrected chi connectivity index (χ3v) is 2.54. The van der Waals surface area contributed by atoms with Crippen LogP contribution in [0.2, 0.25) is 0 Å². The summed E-state index contributed by atoms with van der Waals surface area (Å²) in [4.78, 5) is 23.3. The number of carbonyl (C=O) groups is 2. The Morgan fingerprint density at radius 3 is 2.48 bits per heavy atom. The lowest BCUT2D eigenvalue weighted by atomic mass is 10.1. The summed E-state index contributed by atoms with van der Waals surface area (Å²) in [7, 11) is 0. The molecule has 1 aromatic carbocycles. The van der Waals surface area contributed by atoms with Gasteiger partial charge in [0.2, 0.25) is 0 Å². The summed E-state index contributed by atoms with van der Waals surface area (Å²) in [6, 6.07) is 6.15. The minimum Gasteiger partial charge on any atom is -0.436 e. The Labute approximate surface area is 123 Å². The molecule has 2 amide bonds. The summed E-state index contributed by atoms with van der Waals surface area (Å²) in [5.41, 5.74) is -0.0716. The van der Waals surface area contributed by atoms with Gasteiger partial charge in [-0.2, -0.15) is 0 Å².